The van der Waals surface area contributed by atoms with Gasteiger partial charge in [-0.15, -0.1) is 0 Å². The summed E-state index contributed by atoms with van der Waals surface area (Å²) in [4.78, 5) is 25.1. The second-order valence-corrected chi connectivity index (χ2v) is 9.76. The molecule has 1 fully saturated rings. The highest BCUT2D eigenvalue weighted by Gasteiger charge is 2.34. The van der Waals surface area contributed by atoms with E-state index in [-0.39, 0.29) is 16.9 Å². The van der Waals surface area contributed by atoms with Crippen molar-refractivity contribution in [3.8, 4) is 11.5 Å². The number of carbonyl (C=O) groups is 2. The highest BCUT2D eigenvalue weighted by molar-refractivity contribution is 6.31. The molecule has 4 aromatic carbocycles. The first-order valence-electron chi connectivity index (χ1n) is 12.9. The van der Waals surface area contributed by atoms with E-state index in [9.17, 15) is 9.59 Å². The maximum Gasteiger partial charge on any atom is 0.282 e. The standard InChI is InChI=1S/C33H30N2O4/c1-33(2,25-9-5-3-6-10-25)26-15-19-29(20-16-26)39-22-21-38-28-17-13-24(14-18-28)23-30-31(36)34-35(32(30)37)27-11-7-4-8-12-27/h3-20,23H,21-22H2,1-2H3,(H,34,36)/b30-23-. The summed E-state index contributed by atoms with van der Waals surface area (Å²) in [5.41, 5.74) is 6.41. The number of rotatable bonds is 9. The number of hydrazine groups is 1. The van der Waals surface area contributed by atoms with Crippen LogP contribution < -0.4 is 19.9 Å². The molecule has 0 aromatic heterocycles. The number of ether oxygens (including phenoxy) is 2. The molecule has 0 aliphatic carbocycles. The Balaban J connectivity index is 1.12. The van der Waals surface area contributed by atoms with E-state index in [4.69, 9.17) is 9.47 Å². The number of carbonyl (C=O) groups excluding carboxylic acids is 2. The first-order chi connectivity index (χ1) is 18.9. The molecule has 1 aliphatic heterocycles. The van der Waals surface area contributed by atoms with E-state index in [1.807, 2.05) is 48.5 Å². The van der Waals surface area contributed by atoms with E-state index < -0.39 is 5.91 Å². The van der Waals surface area contributed by atoms with Crippen molar-refractivity contribution >= 4 is 23.6 Å². The molecule has 6 heteroatoms. The summed E-state index contributed by atoms with van der Waals surface area (Å²) >= 11 is 0. The van der Waals surface area contributed by atoms with Crippen LogP contribution in [0.3, 0.4) is 0 Å². The van der Waals surface area contributed by atoms with Gasteiger partial charge in [0.05, 0.1) is 5.69 Å². The Morgan fingerprint density at radius 2 is 1.21 bits per heavy atom. The highest BCUT2D eigenvalue weighted by Crippen LogP contribution is 2.32. The molecular formula is C33H30N2O4. The molecule has 0 unspecified atom stereocenters. The fourth-order valence-electron chi connectivity index (χ4n) is 4.45. The van der Waals surface area contributed by atoms with E-state index in [0.29, 0.717) is 24.7 Å². The minimum Gasteiger partial charge on any atom is -0.490 e. The lowest BCUT2D eigenvalue weighted by Crippen LogP contribution is -2.35. The fraction of sp³-hybridized carbons (Fsp3) is 0.152. The van der Waals surface area contributed by atoms with Crippen LogP contribution in [0.1, 0.15) is 30.5 Å². The predicted octanol–water partition coefficient (Wildman–Crippen LogP) is 5.93. The van der Waals surface area contributed by atoms with Crippen LogP contribution in [-0.4, -0.2) is 25.0 Å². The van der Waals surface area contributed by atoms with Crippen molar-refractivity contribution < 1.29 is 19.1 Å². The van der Waals surface area contributed by atoms with Crippen LogP contribution in [0.15, 0.2) is 115 Å². The lowest BCUT2D eigenvalue weighted by Gasteiger charge is -2.26. The molecule has 2 amide bonds. The third-order valence-electron chi connectivity index (χ3n) is 6.79. The van der Waals surface area contributed by atoms with Crippen LogP contribution in [0, 0.1) is 0 Å². The first-order valence-corrected chi connectivity index (χ1v) is 12.9. The van der Waals surface area contributed by atoms with Crippen molar-refractivity contribution in [3.05, 3.63) is 131 Å². The maximum absolute atomic E-state index is 12.7. The average Bonchev–Trinajstić information content (AvgIpc) is 3.25. The van der Waals surface area contributed by atoms with Crippen LogP contribution in [0.25, 0.3) is 6.08 Å². The largest absolute Gasteiger partial charge is 0.490 e. The van der Waals surface area contributed by atoms with Gasteiger partial charge in [0.15, 0.2) is 0 Å². The Morgan fingerprint density at radius 1 is 0.692 bits per heavy atom. The van der Waals surface area contributed by atoms with E-state index in [1.54, 1.807) is 30.3 Å². The monoisotopic (exact) mass is 518 g/mol. The van der Waals surface area contributed by atoms with Crippen molar-refractivity contribution in [1.29, 1.82) is 0 Å². The normalized spacial score (nSPS) is 14.4. The Labute approximate surface area is 228 Å². The highest BCUT2D eigenvalue weighted by atomic mass is 16.5. The van der Waals surface area contributed by atoms with Gasteiger partial charge in [0.25, 0.3) is 11.8 Å². The van der Waals surface area contributed by atoms with Crippen molar-refractivity contribution in [2.75, 3.05) is 18.2 Å². The molecule has 1 aliphatic rings. The van der Waals surface area contributed by atoms with Gasteiger partial charge in [-0.2, -0.15) is 0 Å². The Morgan fingerprint density at radius 3 is 1.79 bits per heavy atom. The molecule has 5 rings (SSSR count). The number of hydrogen-bond acceptors (Lipinski definition) is 4. The molecule has 0 radical (unpaired) electrons. The zero-order valence-corrected chi connectivity index (χ0v) is 22.0. The molecule has 0 spiro atoms. The van der Waals surface area contributed by atoms with E-state index in [1.165, 1.54) is 16.1 Å². The smallest absolute Gasteiger partial charge is 0.282 e. The number of nitrogens with zero attached hydrogens (tertiary/aromatic N) is 1. The molecule has 1 N–H and O–H groups in total. The maximum atomic E-state index is 12.7. The van der Waals surface area contributed by atoms with Gasteiger partial charge in [-0.05, 0) is 59.2 Å². The third-order valence-corrected chi connectivity index (χ3v) is 6.79. The van der Waals surface area contributed by atoms with Gasteiger partial charge < -0.3 is 9.47 Å². The van der Waals surface area contributed by atoms with Crippen LogP contribution in [0.2, 0.25) is 0 Å². The molecule has 1 heterocycles. The van der Waals surface area contributed by atoms with E-state index >= 15 is 0 Å². The number of para-hydroxylation sites is 1. The SMILES string of the molecule is CC(C)(c1ccccc1)c1ccc(OCCOc2ccc(/C=C3/C(=O)NN(c4ccccc4)C3=O)cc2)cc1. The van der Waals surface area contributed by atoms with Gasteiger partial charge in [0.1, 0.15) is 30.3 Å². The second kappa shape index (κ2) is 11.3. The lowest BCUT2D eigenvalue weighted by atomic mass is 9.78. The second-order valence-electron chi connectivity index (χ2n) is 9.76. The molecule has 0 atom stereocenters. The first kappa shape index (κ1) is 25.8. The summed E-state index contributed by atoms with van der Waals surface area (Å²) in [7, 11) is 0. The Hall–Kier alpha value is -4.84. The zero-order chi connectivity index (χ0) is 27.2. The van der Waals surface area contributed by atoms with Crippen LogP contribution >= 0.6 is 0 Å². The van der Waals surface area contributed by atoms with Crippen LogP contribution in [-0.2, 0) is 15.0 Å². The zero-order valence-electron chi connectivity index (χ0n) is 22.0. The predicted molar refractivity (Wildman–Crippen MR) is 152 cm³/mol. The Kier molecular flexibility index (Phi) is 7.46. The van der Waals surface area contributed by atoms with Crippen molar-refractivity contribution in [2.45, 2.75) is 19.3 Å². The van der Waals surface area contributed by atoms with Gasteiger partial charge in [-0.3, -0.25) is 15.0 Å². The summed E-state index contributed by atoms with van der Waals surface area (Å²) in [6, 6.07) is 34.9. The minimum absolute atomic E-state index is 0.0825. The number of anilines is 1. The number of benzene rings is 4. The van der Waals surface area contributed by atoms with Crippen LogP contribution in [0.5, 0.6) is 11.5 Å². The Bertz CT molecular complexity index is 1460. The topological polar surface area (TPSA) is 67.9 Å². The summed E-state index contributed by atoms with van der Waals surface area (Å²) in [5, 5.41) is 1.25. The number of nitrogens with one attached hydrogen (secondary N) is 1. The summed E-state index contributed by atoms with van der Waals surface area (Å²) in [6.07, 6.45) is 1.58. The van der Waals surface area contributed by atoms with E-state index in [0.717, 1.165) is 11.3 Å². The third kappa shape index (κ3) is 5.85. The number of amides is 2. The summed E-state index contributed by atoms with van der Waals surface area (Å²) < 4.78 is 11.7. The van der Waals surface area contributed by atoms with Crippen molar-refractivity contribution in [2.24, 2.45) is 0 Å². The van der Waals surface area contributed by atoms with Crippen molar-refractivity contribution in [3.63, 3.8) is 0 Å². The van der Waals surface area contributed by atoms with Gasteiger partial charge in [0, 0.05) is 5.41 Å². The quantitative estimate of drug-likeness (QED) is 0.169. The van der Waals surface area contributed by atoms with Gasteiger partial charge in [0.2, 0.25) is 0 Å². The molecular weight excluding hydrogens is 488 g/mol. The van der Waals surface area contributed by atoms with Gasteiger partial charge in [-0.25, -0.2) is 5.01 Å². The lowest BCUT2D eigenvalue weighted by molar-refractivity contribution is -0.117. The summed E-state index contributed by atoms with van der Waals surface area (Å²) in [5.74, 6) is 0.643. The molecule has 196 valence electrons. The fourth-order valence-corrected chi connectivity index (χ4v) is 4.45. The van der Waals surface area contributed by atoms with E-state index in [2.05, 4.69) is 55.7 Å². The van der Waals surface area contributed by atoms with Crippen LogP contribution in [0.4, 0.5) is 5.69 Å². The van der Waals surface area contributed by atoms with Gasteiger partial charge in [-0.1, -0.05) is 86.6 Å². The molecule has 39 heavy (non-hydrogen) atoms. The molecule has 0 saturated carbocycles. The van der Waals surface area contributed by atoms with Gasteiger partial charge >= 0.3 is 0 Å². The minimum atomic E-state index is -0.432. The molecule has 1 saturated heterocycles. The molecule has 0 bridgehead atoms. The molecule has 6 nitrogen and oxygen atoms in total. The number of hydrogen-bond donors (Lipinski definition) is 1. The molecule has 4 aromatic rings. The van der Waals surface area contributed by atoms with Crippen molar-refractivity contribution in [1.82, 2.24) is 5.43 Å². The summed E-state index contributed by atoms with van der Waals surface area (Å²) in [6.45, 7) is 5.21. The average molecular weight is 519 g/mol.